The second-order valence-corrected chi connectivity index (χ2v) is 4.76. The Morgan fingerprint density at radius 2 is 1.84 bits per heavy atom. The molecule has 0 radical (unpaired) electrons. The van der Waals surface area contributed by atoms with E-state index in [9.17, 15) is 22.8 Å². The van der Waals surface area contributed by atoms with Crippen molar-refractivity contribution in [2.45, 2.75) is 44.8 Å². The summed E-state index contributed by atoms with van der Waals surface area (Å²) in [6, 6.07) is 0. The summed E-state index contributed by atoms with van der Waals surface area (Å²) in [5.74, 6) is -2.97. The van der Waals surface area contributed by atoms with Crippen molar-refractivity contribution in [3.05, 3.63) is 11.1 Å². The molecule has 0 fully saturated rings. The summed E-state index contributed by atoms with van der Waals surface area (Å²) in [6.07, 6.45) is -4.44. The van der Waals surface area contributed by atoms with E-state index in [0.717, 1.165) is 18.3 Å². The summed E-state index contributed by atoms with van der Waals surface area (Å²) in [5, 5.41) is 1.80. The van der Waals surface area contributed by atoms with E-state index >= 15 is 0 Å². The van der Waals surface area contributed by atoms with Crippen LogP contribution in [0.3, 0.4) is 0 Å². The van der Waals surface area contributed by atoms with Crippen molar-refractivity contribution in [3.8, 4) is 0 Å². The largest absolute Gasteiger partial charge is 0.471 e. The van der Waals surface area contributed by atoms with E-state index < -0.39 is 23.6 Å². The Morgan fingerprint density at radius 1 is 1.26 bits per heavy atom. The van der Waals surface area contributed by atoms with E-state index in [2.05, 4.69) is 4.74 Å². The monoisotopic (exact) mass is 279 g/mol. The van der Waals surface area contributed by atoms with Gasteiger partial charge < -0.3 is 10.1 Å². The standard InChI is InChI=1S/C12H16F3NO3/c1-7-4-5-11(6-8(7)2,10(18)19-3)16-9(17)12(13,14)15/h4-6H2,1-3H3,(H,16,17). The minimum atomic E-state index is -5.02. The van der Waals surface area contributed by atoms with Crippen molar-refractivity contribution in [1.29, 1.82) is 0 Å². The van der Waals surface area contributed by atoms with Gasteiger partial charge in [0.1, 0.15) is 5.54 Å². The predicted molar refractivity (Wildman–Crippen MR) is 61.2 cm³/mol. The second kappa shape index (κ2) is 5.22. The molecule has 108 valence electrons. The zero-order valence-electron chi connectivity index (χ0n) is 11.0. The highest BCUT2D eigenvalue weighted by atomic mass is 19.4. The molecule has 0 bridgehead atoms. The van der Waals surface area contributed by atoms with E-state index in [-0.39, 0.29) is 12.8 Å². The third-order valence-corrected chi connectivity index (χ3v) is 3.41. The van der Waals surface area contributed by atoms with Gasteiger partial charge in [-0.3, -0.25) is 4.79 Å². The van der Waals surface area contributed by atoms with Gasteiger partial charge in [0.25, 0.3) is 0 Å². The van der Waals surface area contributed by atoms with Gasteiger partial charge in [0.15, 0.2) is 0 Å². The summed E-state index contributed by atoms with van der Waals surface area (Å²) >= 11 is 0. The molecule has 0 saturated heterocycles. The number of hydrogen-bond donors (Lipinski definition) is 1. The van der Waals surface area contributed by atoms with Crippen LogP contribution >= 0.6 is 0 Å². The number of ether oxygens (including phenoxy) is 1. The molecule has 7 heteroatoms. The molecule has 1 rings (SSSR count). The van der Waals surface area contributed by atoms with Gasteiger partial charge in [-0.15, -0.1) is 0 Å². The molecule has 1 atom stereocenters. The number of amides is 1. The molecule has 0 heterocycles. The summed E-state index contributed by atoms with van der Waals surface area (Å²) in [4.78, 5) is 22.9. The molecular formula is C12H16F3NO3. The van der Waals surface area contributed by atoms with Crippen molar-refractivity contribution >= 4 is 11.9 Å². The lowest BCUT2D eigenvalue weighted by Crippen LogP contribution is -2.59. The molecule has 19 heavy (non-hydrogen) atoms. The van der Waals surface area contributed by atoms with Gasteiger partial charge in [-0.25, -0.2) is 4.79 Å². The molecule has 0 aromatic heterocycles. The van der Waals surface area contributed by atoms with Gasteiger partial charge in [0.2, 0.25) is 0 Å². The highest BCUT2D eigenvalue weighted by Gasteiger charge is 2.49. The topological polar surface area (TPSA) is 55.4 Å². The van der Waals surface area contributed by atoms with Crippen LogP contribution in [0.2, 0.25) is 0 Å². The van der Waals surface area contributed by atoms with E-state index in [1.54, 1.807) is 12.2 Å². The minimum Gasteiger partial charge on any atom is -0.467 e. The lowest BCUT2D eigenvalue weighted by molar-refractivity contribution is -0.178. The first-order chi connectivity index (χ1) is 8.62. The van der Waals surface area contributed by atoms with Gasteiger partial charge >= 0.3 is 18.1 Å². The van der Waals surface area contributed by atoms with Gasteiger partial charge in [-0.05, 0) is 26.7 Å². The Balaban J connectivity index is 3.04. The van der Waals surface area contributed by atoms with E-state index in [0.29, 0.717) is 6.42 Å². The minimum absolute atomic E-state index is 0.0350. The average molecular weight is 279 g/mol. The SMILES string of the molecule is COC(=O)C1(NC(=O)C(F)(F)F)CCC(C)=C(C)C1. The lowest BCUT2D eigenvalue weighted by Gasteiger charge is -2.36. The average Bonchev–Trinajstić information content (AvgIpc) is 2.31. The van der Waals surface area contributed by atoms with Crippen molar-refractivity contribution in [2.24, 2.45) is 0 Å². The molecular weight excluding hydrogens is 263 g/mol. The molecule has 1 N–H and O–H groups in total. The first kappa shape index (κ1) is 15.5. The summed E-state index contributed by atoms with van der Waals surface area (Å²) < 4.78 is 41.6. The highest BCUT2D eigenvalue weighted by molar-refractivity contribution is 5.90. The number of alkyl halides is 3. The summed E-state index contributed by atoms with van der Waals surface area (Å²) in [6.45, 7) is 3.58. The number of carbonyl (C=O) groups excluding carboxylic acids is 2. The Hall–Kier alpha value is -1.53. The molecule has 1 amide bonds. The fraction of sp³-hybridized carbons (Fsp3) is 0.667. The van der Waals surface area contributed by atoms with Crippen molar-refractivity contribution in [3.63, 3.8) is 0 Å². The molecule has 1 unspecified atom stereocenters. The van der Waals surface area contributed by atoms with Crippen LogP contribution in [0.1, 0.15) is 33.1 Å². The molecule has 1 aliphatic carbocycles. The molecule has 0 aliphatic heterocycles. The second-order valence-electron chi connectivity index (χ2n) is 4.76. The number of halogens is 3. The maximum atomic E-state index is 12.3. The van der Waals surface area contributed by atoms with Gasteiger partial charge in [-0.2, -0.15) is 13.2 Å². The number of carbonyl (C=O) groups is 2. The fourth-order valence-corrected chi connectivity index (χ4v) is 2.12. The van der Waals surface area contributed by atoms with E-state index in [1.807, 2.05) is 6.92 Å². The van der Waals surface area contributed by atoms with Crippen LogP contribution in [0.25, 0.3) is 0 Å². The van der Waals surface area contributed by atoms with Crippen molar-refractivity contribution < 1.29 is 27.5 Å². The third kappa shape index (κ3) is 3.27. The lowest BCUT2D eigenvalue weighted by atomic mass is 9.78. The zero-order chi connectivity index (χ0) is 14.8. The third-order valence-electron chi connectivity index (χ3n) is 3.41. The van der Waals surface area contributed by atoms with Crippen LogP contribution < -0.4 is 5.32 Å². The van der Waals surface area contributed by atoms with Gasteiger partial charge in [-0.1, -0.05) is 11.1 Å². The Labute approximate surface area is 109 Å². The normalized spacial score (nSPS) is 24.1. The predicted octanol–water partition coefficient (Wildman–Crippen LogP) is 2.10. The van der Waals surface area contributed by atoms with Gasteiger partial charge in [0, 0.05) is 6.42 Å². The van der Waals surface area contributed by atoms with Gasteiger partial charge in [0.05, 0.1) is 7.11 Å². The van der Waals surface area contributed by atoms with Crippen molar-refractivity contribution in [2.75, 3.05) is 7.11 Å². The van der Waals surface area contributed by atoms with Crippen LogP contribution in [-0.4, -0.2) is 30.7 Å². The number of allylic oxidation sites excluding steroid dienone is 1. The van der Waals surface area contributed by atoms with Crippen LogP contribution in [0.4, 0.5) is 13.2 Å². The van der Waals surface area contributed by atoms with Crippen LogP contribution in [0.15, 0.2) is 11.1 Å². The van der Waals surface area contributed by atoms with E-state index in [1.165, 1.54) is 0 Å². The maximum Gasteiger partial charge on any atom is 0.471 e. The maximum absolute atomic E-state index is 12.3. The number of rotatable bonds is 2. The van der Waals surface area contributed by atoms with E-state index in [4.69, 9.17) is 0 Å². The zero-order valence-corrected chi connectivity index (χ0v) is 11.0. The molecule has 0 aromatic rings. The number of methoxy groups -OCH3 is 1. The molecule has 0 aromatic carbocycles. The number of hydrogen-bond acceptors (Lipinski definition) is 3. The molecule has 0 saturated carbocycles. The fourth-order valence-electron chi connectivity index (χ4n) is 2.12. The molecule has 0 spiro atoms. The summed E-state index contributed by atoms with van der Waals surface area (Å²) in [5.41, 5.74) is 0.185. The quantitative estimate of drug-likeness (QED) is 0.622. The summed E-state index contributed by atoms with van der Waals surface area (Å²) in [7, 11) is 1.09. The Kier molecular flexibility index (Phi) is 4.27. The Bertz CT molecular complexity index is 428. The molecule has 4 nitrogen and oxygen atoms in total. The number of nitrogens with one attached hydrogen (secondary N) is 1. The first-order valence-corrected chi connectivity index (χ1v) is 5.75. The molecule has 1 aliphatic rings. The van der Waals surface area contributed by atoms with Crippen molar-refractivity contribution in [1.82, 2.24) is 5.32 Å². The van der Waals surface area contributed by atoms with Crippen LogP contribution in [-0.2, 0) is 14.3 Å². The number of esters is 1. The van der Waals surface area contributed by atoms with Crippen LogP contribution in [0, 0.1) is 0 Å². The Morgan fingerprint density at radius 3 is 2.26 bits per heavy atom. The van der Waals surface area contributed by atoms with Crippen LogP contribution in [0.5, 0.6) is 0 Å². The first-order valence-electron chi connectivity index (χ1n) is 5.75. The smallest absolute Gasteiger partial charge is 0.467 e. The highest BCUT2D eigenvalue weighted by Crippen LogP contribution is 2.34.